The second-order valence-corrected chi connectivity index (χ2v) is 6.54. The molecular weight excluding hydrogens is 260 g/mol. The van der Waals surface area contributed by atoms with Gasteiger partial charge in [0.25, 0.3) is 0 Å². The molecule has 1 aliphatic carbocycles. The van der Waals surface area contributed by atoms with Gasteiger partial charge >= 0.3 is 0 Å². The van der Waals surface area contributed by atoms with Crippen LogP contribution < -0.4 is 10.1 Å². The van der Waals surface area contributed by atoms with Crippen molar-refractivity contribution in [2.45, 2.75) is 57.2 Å². The second kappa shape index (κ2) is 6.37. The molecular formula is C18H28N2O. The van der Waals surface area contributed by atoms with Gasteiger partial charge in [0, 0.05) is 18.1 Å². The van der Waals surface area contributed by atoms with Gasteiger partial charge < -0.3 is 10.1 Å². The van der Waals surface area contributed by atoms with Crippen LogP contribution in [-0.4, -0.2) is 37.7 Å². The molecule has 1 aliphatic heterocycles. The van der Waals surface area contributed by atoms with Crippen LogP contribution in [0.4, 0.5) is 0 Å². The fourth-order valence-electron chi connectivity index (χ4n) is 4.17. The summed E-state index contributed by atoms with van der Waals surface area (Å²) in [4.78, 5) is 2.75. The molecule has 3 rings (SSSR count). The van der Waals surface area contributed by atoms with Gasteiger partial charge in [-0.3, -0.25) is 4.90 Å². The summed E-state index contributed by atoms with van der Waals surface area (Å²) < 4.78 is 5.41. The van der Waals surface area contributed by atoms with Crippen molar-refractivity contribution in [2.75, 3.05) is 20.7 Å². The van der Waals surface area contributed by atoms with Crippen molar-refractivity contribution in [3.05, 3.63) is 29.3 Å². The van der Waals surface area contributed by atoms with E-state index >= 15 is 0 Å². The predicted molar refractivity (Wildman–Crippen MR) is 86.9 cm³/mol. The third-order valence-electron chi connectivity index (χ3n) is 5.34. The minimum atomic E-state index is 0.427. The fraction of sp³-hybridized carbons (Fsp3) is 0.667. The topological polar surface area (TPSA) is 24.5 Å². The zero-order valence-electron chi connectivity index (χ0n) is 13.6. The van der Waals surface area contributed by atoms with Crippen molar-refractivity contribution in [1.29, 1.82) is 0 Å². The van der Waals surface area contributed by atoms with E-state index in [-0.39, 0.29) is 0 Å². The molecule has 3 unspecified atom stereocenters. The van der Waals surface area contributed by atoms with Gasteiger partial charge in [0.15, 0.2) is 0 Å². The Balaban J connectivity index is 1.87. The summed E-state index contributed by atoms with van der Waals surface area (Å²) in [6, 6.07) is 8.28. The third-order valence-corrected chi connectivity index (χ3v) is 5.34. The first-order valence-corrected chi connectivity index (χ1v) is 8.34. The van der Waals surface area contributed by atoms with Crippen LogP contribution in [0.3, 0.4) is 0 Å². The first-order valence-electron chi connectivity index (χ1n) is 8.34. The first-order chi connectivity index (χ1) is 10.2. The van der Waals surface area contributed by atoms with E-state index < -0.39 is 0 Å². The molecule has 0 radical (unpaired) electrons. The molecule has 0 aromatic heterocycles. The van der Waals surface area contributed by atoms with Crippen LogP contribution >= 0.6 is 0 Å². The Morgan fingerprint density at radius 1 is 1.24 bits per heavy atom. The summed E-state index contributed by atoms with van der Waals surface area (Å²) in [6.07, 6.45) is 6.62. The maximum absolute atomic E-state index is 5.41. The van der Waals surface area contributed by atoms with E-state index in [0.29, 0.717) is 18.1 Å². The van der Waals surface area contributed by atoms with Crippen molar-refractivity contribution in [1.82, 2.24) is 10.2 Å². The van der Waals surface area contributed by atoms with Crippen LogP contribution in [0, 0.1) is 0 Å². The van der Waals surface area contributed by atoms with Crippen LogP contribution in [0.2, 0.25) is 0 Å². The predicted octanol–water partition coefficient (Wildman–Crippen LogP) is 3.14. The number of nitrogens with one attached hydrogen (secondary N) is 1. The molecule has 1 heterocycles. The van der Waals surface area contributed by atoms with Crippen molar-refractivity contribution in [3.63, 3.8) is 0 Å². The molecule has 0 spiro atoms. The van der Waals surface area contributed by atoms with Gasteiger partial charge in [0.2, 0.25) is 0 Å². The molecule has 0 bridgehead atoms. The summed E-state index contributed by atoms with van der Waals surface area (Å²) in [7, 11) is 3.84. The van der Waals surface area contributed by atoms with E-state index in [2.05, 4.69) is 42.4 Å². The fourth-order valence-corrected chi connectivity index (χ4v) is 4.17. The Bertz CT molecular complexity index is 488. The lowest BCUT2D eigenvalue weighted by atomic mass is 10.0. The molecule has 3 nitrogen and oxygen atoms in total. The van der Waals surface area contributed by atoms with Gasteiger partial charge in [-0.25, -0.2) is 0 Å². The number of hydrogen-bond acceptors (Lipinski definition) is 3. The first kappa shape index (κ1) is 14.9. The van der Waals surface area contributed by atoms with Crippen LogP contribution in [-0.2, 0) is 6.42 Å². The number of fused-ring (bicyclic) bond motifs is 1. The number of likely N-dealkylation sites (tertiary alicyclic amines) is 1. The quantitative estimate of drug-likeness (QED) is 0.925. The Kier molecular flexibility index (Phi) is 4.51. The maximum atomic E-state index is 5.41. The second-order valence-electron chi connectivity index (χ2n) is 6.54. The van der Waals surface area contributed by atoms with Crippen molar-refractivity contribution >= 4 is 0 Å². The molecule has 2 aliphatic rings. The smallest absolute Gasteiger partial charge is 0.119 e. The molecule has 116 valence electrons. The normalized spacial score (nSPS) is 30.0. The maximum Gasteiger partial charge on any atom is 0.119 e. The monoisotopic (exact) mass is 288 g/mol. The van der Waals surface area contributed by atoms with Gasteiger partial charge in [0.1, 0.15) is 5.75 Å². The Labute approximate surface area is 128 Å². The molecule has 1 aromatic rings. The summed E-state index contributed by atoms with van der Waals surface area (Å²) >= 11 is 0. The van der Waals surface area contributed by atoms with E-state index in [1.54, 1.807) is 7.11 Å². The minimum Gasteiger partial charge on any atom is -0.497 e. The lowest BCUT2D eigenvalue weighted by Gasteiger charge is -2.36. The van der Waals surface area contributed by atoms with E-state index in [9.17, 15) is 0 Å². The van der Waals surface area contributed by atoms with Gasteiger partial charge in [0.05, 0.1) is 7.11 Å². The summed E-state index contributed by atoms with van der Waals surface area (Å²) in [6.45, 7) is 3.65. The van der Waals surface area contributed by atoms with Gasteiger partial charge in [-0.05, 0) is 63.0 Å². The molecule has 1 saturated heterocycles. The van der Waals surface area contributed by atoms with E-state index in [1.807, 2.05) is 0 Å². The van der Waals surface area contributed by atoms with Crippen LogP contribution in [0.25, 0.3) is 0 Å². The number of nitrogens with zero attached hydrogens (tertiary/aromatic N) is 1. The zero-order valence-corrected chi connectivity index (χ0v) is 13.6. The molecule has 3 heteroatoms. The standard InChI is InChI=1S/C18H28N2O/c1-13-7-5-4-6-10-20(13)17-11-14-8-9-15(21-3)12-16(14)18(17)19-2/h8-9,12-13,17-19H,4-7,10-11H2,1-3H3. The highest BCUT2D eigenvalue weighted by molar-refractivity contribution is 5.42. The van der Waals surface area contributed by atoms with Gasteiger partial charge in [-0.15, -0.1) is 0 Å². The highest BCUT2D eigenvalue weighted by Gasteiger charge is 2.37. The number of rotatable bonds is 3. The molecule has 0 amide bonds. The highest BCUT2D eigenvalue weighted by Crippen LogP contribution is 2.38. The minimum absolute atomic E-state index is 0.427. The lowest BCUT2D eigenvalue weighted by Crippen LogP contribution is -2.46. The molecule has 3 atom stereocenters. The Morgan fingerprint density at radius 3 is 2.86 bits per heavy atom. The van der Waals surface area contributed by atoms with Crippen LogP contribution in [0.15, 0.2) is 18.2 Å². The largest absolute Gasteiger partial charge is 0.497 e. The van der Waals surface area contributed by atoms with Gasteiger partial charge in [-0.2, -0.15) is 0 Å². The average Bonchev–Trinajstić information content (AvgIpc) is 2.73. The Morgan fingerprint density at radius 2 is 2.10 bits per heavy atom. The van der Waals surface area contributed by atoms with Crippen molar-refractivity contribution < 1.29 is 4.74 Å². The van der Waals surface area contributed by atoms with Gasteiger partial charge in [-0.1, -0.05) is 18.9 Å². The number of ether oxygens (including phenoxy) is 1. The molecule has 1 N–H and O–H groups in total. The molecule has 1 aromatic carbocycles. The molecule has 21 heavy (non-hydrogen) atoms. The van der Waals surface area contributed by atoms with Crippen LogP contribution in [0.5, 0.6) is 5.75 Å². The van der Waals surface area contributed by atoms with Crippen LogP contribution in [0.1, 0.15) is 49.8 Å². The Hall–Kier alpha value is -1.06. The van der Waals surface area contributed by atoms with E-state index in [0.717, 1.165) is 12.2 Å². The zero-order chi connectivity index (χ0) is 14.8. The summed E-state index contributed by atoms with van der Waals surface area (Å²) in [5.41, 5.74) is 2.91. The molecule has 0 saturated carbocycles. The number of benzene rings is 1. The summed E-state index contributed by atoms with van der Waals surface area (Å²) in [5, 5.41) is 3.56. The van der Waals surface area contributed by atoms with E-state index in [1.165, 1.54) is 43.4 Å². The van der Waals surface area contributed by atoms with Crippen molar-refractivity contribution in [3.8, 4) is 5.75 Å². The van der Waals surface area contributed by atoms with Crippen molar-refractivity contribution in [2.24, 2.45) is 0 Å². The summed E-state index contributed by atoms with van der Waals surface area (Å²) in [5.74, 6) is 0.971. The number of hydrogen-bond donors (Lipinski definition) is 1. The lowest BCUT2D eigenvalue weighted by molar-refractivity contribution is 0.125. The highest BCUT2D eigenvalue weighted by atomic mass is 16.5. The number of methoxy groups -OCH3 is 1. The average molecular weight is 288 g/mol. The van der Waals surface area contributed by atoms with E-state index in [4.69, 9.17) is 4.74 Å². The third kappa shape index (κ3) is 2.82. The SMILES string of the molecule is CNC1c2cc(OC)ccc2CC1N1CCCCCC1C. The number of likely N-dealkylation sites (N-methyl/N-ethyl adjacent to an activating group) is 1. The molecule has 1 fully saturated rings.